The number of aromatic nitrogens is 2. The van der Waals surface area contributed by atoms with Gasteiger partial charge in [0, 0.05) is 43.2 Å². The fourth-order valence-electron chi connectivity index (χ4n) is 3.29. The normalized spacial score (nSPS) is 15.4. The number of ether oxygens (including phenoxy) is 1. The van der Waals surface area contributed by atoms with Gasteiger partial charge in [0.1, 0.15) is 5.76 Å². The molecule has 1 amide bonds. The average molecular weight is 388 g/mol. The van der Waals surface area contributed by atoms with Crippen molar-refractivity contribution in [3.63, 3.8) is 0 Å². The molecule has 3 rings (SSSR count). The summed E-state index contributed by atoms with van der Waals surface area (Å²) in [6.07, 6.45) is 3.85. The number of morpholine rings is 1. The van der Waals surface area contributed by atoms with E-state index in [2.05, 4.69) is 15.3 Å². The van der Waals surface area contributed by atoms with E-state index in [0.717, 1.165) is 18.6 Å². The Morgan fingerprint density at radius 1 is 1.36 bits per heavy atom. The molecule has 8 nitrogen and oxygen atoms in total. The fraction of sp³-hybridized carbons (Fsp3) is 0.550. The second kappa shape index (κ2) is 9.54. The van der Waals surface area contributed by atoms with Crippen molar-refractivity contribution in [3.8, 4) is 0 Å². The van der Waals surface area contributed by atoms with Crippen LogP contribution in [0.25, 0.3) is 0 Å². The van der Waals surface area contributed by atoms with Gasteiger partial charge in [0.25, 0.3) is 5.56 Å². The Morgan fingerprint density at radius 3 is 2.82 bits per heavy atom. The Bertz CT molecular complexity index is 825. The van der Waals surface area contributed by atoms with Crippen LogP contribution in [0.2, 0.25) is 0 Å². The maximum atomic E-state index is 12.5. The maximum Gasteiger partial charge on any atom is 0.255 e. The Morgan fingerprint density at radius 2 is 2.14 bits per heavy atom. The molecule has 1 aliphatic rings. The standard InChI is InChI=1S/C20H28N4O4/c1-14(5-6-16-4-3-11-28-16)21-18(25)8-7-17-15(2)22-20(23-19(17)26)24-9-12-27-13-10-24/h3-4,11,14H,5-10,12-13H2,1-2H3,(H,21,25)(H,22,23,26). The monoisotopic (exact) mass is 388 g/mol. The van der Waals surface area contributed by atoms with Crippen molar-refractivity contribution in [1.82, 2.24) is 15.3 Å². The third-order valence-corrected chi connectivity index (χ3v) is 4.93. The largest absolute Gasteiger partial charge is 0.469 e. The second-order valence-electron chi connectivity index (χ2n) is 7.14. The third kappa shape index (κ3) is 5.45. The Kier molecular flexibility index (Phi) is 6.86. The number of rotatable bonds is 8. The Labute approximate surface area is 164 Å². The molecule has 0 bridgehead atoms. The number of nitrogens with one attached hydrogen (secondary N) is 2. The molecule has 1 aliphatic heterocycles. The van der Waals surface area contributed by atoms with E-state index in [1.54, 1.807) is 6.26 Å². The highest BCUT2D eigenvalue weighted by molar-refractivity contribution is 5.76. The van der Waals surface area contributed by atoms with Crippen LogP contribution in [-0.2, 0) is 22.4 Å². The quantitative estimate of drug-likeness (QED) is 0.712. The first-order valence-electron chi connectivity index (χ1n) is 9.77. The van der Waals surface area contributed by atoms with Crippen LogP contribution in [0.1, 0.15) is 36.8 Å². The lowest BCUT2D eigenvalue weighted by atomic mass is 10.1. The molecular weight excluding hydrogens is 360 g/mol. The van der Waals surface area contributed by atoms with E-state index in [9.17, 15) is 9.59 Å². The zero-order valence-corrected chi connectivity index (χ0v) is 16.5. The molecule has 2 N–H and O–H groups in total. The number of aromatic amines is 1. The summed E-state index contributed by atoms with van der Waals surface area (Å²) < 4.78 is 10.6. The molecule has 2 aromatic rings. The van der Waals surface area contributed by atoms with Gasteiger partial charge in [-0.3, -0.25) is 14.6 Å². The first-order chi connectivity index (χ1) is 13.5. The zero-order valence-electron chi connectivity index (χ0n) is 16.5. The van der Waals surface area contributed by atoms with Gasteiger partial charge in [-0.15, -0.1) is 0 Å². The van der Waals surface area contributed by atoms with Gasteiger partial charge in [-0.2, -0.15) is 0 Å². The van der Waals surface area contributed by atoms with E-state index in [1.807, 2.05) is 30.9 Å². The summed E-state index contributed by atoms with van der Waals surface area (Å²) >= 11 is 0. The lowest BCUT2D eigenvalue weighted by Gasteiger charge is -2.27. The number of hydrogen-bond donors (Lipinski definition) is 2. The number of H-pyrrole nitrogens is 1. The molecule has 0 spiro atoms. The predicted octanol–water partition coefficient (Wildman–Crippen LogP) is 1.58. The fourth-order valence-corrected chi connectivity index (χ4v) is 3.29. The van der Waals surface area contributed by atoms with E-state index < -0.39 is 0 Å². The number of carbonyl (C=O) groups is 1. The molecule has 1 saturated heterocycles. The van der Waals surface area contributed by atoms with Crippen LogP contribution in [0.5, 0.6) is 0 Å². The van der Waals surface area contributed by atoms with Crippen molar-refractivity contribution >= 4 is 11.9 Å². The minimum atomic E-state index is -0.173. The number of carbonyl (C=O) groups excluding carboxylic acids is 1. The molecule has 1 fully saturated rings. The van der Waals surface area contributed by atoms with E-state index in [4.69, 9.17) is 9.15 Å². The van der Waals surface area contributed by atoms with Gasteiger partial charge in [-0.05, 0) is 38.8 Å². The molecule has 1 atom stereocenters. The van der Waals surface area contributed by atoms with Gasteiger partial charge in [0.05, 0.1) is 19.5 Å². The lowest BCUT2D eigenvalue weighted by Crippen LogP contribution is -2.39. The van der Waals surface area contributed by atoms with Gasteiger partial charge in [-0.1, -0.05) is 0 Å². The molecular formula is C20H28N4O4. The first kappa shape index (κ1) is 20.1. The predicted molar refractivity (Wildman–Crippen MR) is 106 cm³/mol. The second-order valence-corrected chi connectivity index (χ2v) is 7.14. The van der Waals surface area contributed by atoms with Crippen molar-refractivity contribution in [2.75, 3.05) is 31.2 Å². The van der Waals surface area contributed by atoms with Crippen LogP contribution < -0.4 is 15.8 Å². The summed E-state index contributed by atoms with van der Waals surface area (Å²) in [6.45, 7) is 6.46. The van der Waals surface area contributed by atoms with Crippen LogP contribution in [-0.4, -0.2) is 48.2 Å². The zero-order chi connectivity index (χ0) is 19.9. The smallest absolute Gasteiger partial charge is 0.255 e. The summed E-state index contributed by atoms with van der Waals surface area (Å²) in [5, 5.41) is 2.98. The van der Waals surface area contributed by atoms with Crippen molar-refractivity contribution in [2.45, 2.75) is 45.6 Å². The van der Waals surface area contributed by atoms with E-state index in [0.29, 0.717) is 49.9 Å². The third-order valence-electron chi connectivity index (χ3n) is 4.93. The molecule has 0 radical (unpaired) electrons. The van der Waals surface area contributed by atoms with Gasteiger partial charge >= 0.3 is 0 Å². The summed E-state index contributed by atoms with van der Waals surface area (Å²) in [5.74, 6) is 1.42. The maximum absolute atomic E-state index is 12.5. The highest BCUT2D eigenvalue weighted by Gasteiger charge is 2.17. The Balaban J connectivity index is 1.50. The van der Waals surface area contributed by atoms with E-state index in [-0.39, 0.29) is 23.9 Å². The summed E-state index contributed by atoms with van der Waals surface area (Å²) in [5.41, 5.74) is 1.06. The SMILES string of the molecule is Cc1nc(N2CCOCC2)[nH]c(=O)c1CCC(=O)NC(C)CCc1ccco1. The lowest BCUT2D eigenvalue weighted by molar-refractivity contribution is -0.121. The molecule has 28 heavy (non-hydrogen) atoms. The molecule has 8 heteroatoms. The number of nitrogens with zero attached hydrogens (tertiary/aromatic N) is 2. The number of hydrogen-bond acceptors (Lipinski definition) is 6. The molecule has 2 aromatic heterocycles. The van der Waals surface area contributed by atoms with Crippen molar-refractivity contribution in [1.29, 1.82) is 0 Å². The van der Waals surface area contributed by atoms with Crippen LogP contribution in [0.3, 0.4) is 0 Å². The highest BCUT2D eigenvalue weighted by atomic mass is 16.5. The van der Waals surface area contributed by atoms with Crippen molar-refractivity contribution < 1.29 is 13.9 Å². The molecule has 0 aromatic carbocycles. The molecule has 152 valence electrons. The summed E-state index contributed by atoms with van der Waals surface area (Å²) in [7, 11) is 0. The van der Waals surface area contributed by atoms with Gasteiger partial charge in [0.15, 0.2) is 0 Å². The number of furan rings is 1. The van der Waals surface area contributed by atoms with Crippen LogP contribution in [0.15, 0.2) is 27.6 Å². The van der Waals surface area contributed by atoms with Crippen LogP contribution >= 0.6 is 0 Å². The molecule has 3 heterocycles. The topological polar surface area (TPSA) is 100 Å². The van der Waals surface area contributed by atoms with Crippen molar-refractivity contribution in [3.05, 3.63) is 45.8 Å². The van der Waals surface area contributed by atoms with Crippen LogP contribution in [0, 0.1) is 6.92 Å². The first-order valence-corrected chi connectivity index (χ1v) is 9.77. The van der Waals surface area contributed by atoms with Gasteiger partial charge in [-0.25, -0.2) is 4.98 Å². The highest BCUT2D eigenvalue weighted by Crippen LogP contribution is 2.11. The summed E-state index contributed by atoms with van der Waals surface area (Å²) in [6, 6.07) is 3.83. The van der Waals surface area contributed by atoms with E-state index >= 15 is 0 Å². The number of anilines is 1. The summed E-state index contributed by atoms with van der Waals surface area (Å²) in [4.78, 5) is 34.1. The minimum absolute atomic E-state index is 0.0406. The molecule has 1 unspecified atom stereocenters. The number of aryl methyl sites for hydroxylation is 2. The van der Waals surface area contributed by atoms with Gasteiger partial charge < -0.3 is 19.4 Å². The van der Waals surface area contributed by atoms with Crippen LogP contribution in [0.4, 0.5) is 5.95 Å². The molecule has 0 aliphatic carbocycles. The molecule has 0 saturated carbocycles. The number of amides is 1. The van der Waals surface area contributed by atoms with Crippen molar-refractivity contribution in [2.24, 2.45) is 0 Å². The van der Waals surface area contributed by atoms with E-state index in [1.165, 1.54) is 0 Å². The minimum Gasteiger partial charge on any atom is -0.469 e. The Hall–Kier alpha value is -2.61. The van der Waals surface area contributed by atoms with Gasteiger partial charge in [0.2, 0.25) is 11.9 Å². The average Bonchev–Trinajstić information content (AvgIpc) is 3.20.